The minimum Gasteiger partial charge on any atom is -0.313 e. The summed E-state index contributed by atoms with van der Waals surface area (Å²) in [7, 11) is 0. The molecule has 1 N–H and O–H groups in total. The summed E-state index contributed by atoms with van der Waals surface area (Å²) in [5.74, 6) is 1.04. The minimum absolute atomic E-state index is 0.576. The van der Waals surface area contributed by atoms with Gasteiger partial charge in [0.1, 0.15) is 0 Å². The fourth-order valence-electron chi connectivity index (χ4n) is 3.46. The van der Waals surface area contributed by atoms with Gasteiger partial charge in [0, 0.05) is 12.6 Å². The highest BCUT2D eigenvalue weighted by Gasteiger charge is 2.31. The molecule has 2 aliphatic carbocycles. The van der Waals surface area contributed by atoms with Crippen molar-refractivity contribution in [2.75, 3.05) is 6.54 Å². The third kappa shape index (κ3) is 3.76. The Bertz CT molecular complexity index is 203. The number of hydrogen-bond acceptors (Lipinski definition) is 1. The van der Waals surface area contributed by atoms with Crippen LogP contribution in [0.2, 0.25) is 0 Å². The van der Waals surface area contributed by atoms with E-state index in [2.05, 4.69) is 19.2 Å². The van der Waals surface area contributed by atoms with E-state index in [-0.39, 0.29) is 0 Å². The zero-order valence-corrected chi connectivity index (χ0v) is 11.2. The Hall–Kier alpha value is -0.0400. The normalized spacial score (nSPS) is 25.9. The lowest BCUT2D eigenvalue weighted by molar-refractivity contribution is 0.210. The molecular weight excluding hydrogens is 194 g/mol. The summed E-state index contributed by atoms with van der Waals surface area (Å²) >= 11 is 0. The second-order valence-corrected chi connectivity index (χ2v) is 6.57. The first-order chi connectivity index (χ1) is 7.72. The molecule has 0 aromatic rings. The first kappa shape index (κ1) is 12.4. The van der Waals surface area contributed by atoms with Gasteiger partial charge in [0.2, 0.25) is 0 Å². The molecule has 0 aromatic heterocycles. The van der Waals surface area contributed by atoms with Crippen LogP contribution in [0.1, 0.15) is 71.6 Å². The molecule has 0 spiro atoms. The predicted octanol–water partition coefficient (Wildman–Crippen LogP) is 4.13. The van der Waals surface area contributed by atoms with Gasteiger partial charge in [-0.1, -0.05) is 46.0 Å². The molecule has 2 rings (SSSR count). The molecule has 94 valence electrons. The van der Waals surface area contributed by atoms with Crippen molar-refractivity contribution in [1.29, 1.82) is 0 Å². The van der Waals surface area contributed by atoms with Crippen molar-refractivity contribution in [1.82, 2.24) is 5.32 Å². The third-order valence-corrected chi connectivity index (χ3v) is 4.50. The van der Waals surface area contributed by atoms with Crippen molar-refractivity contribution in [3.8, 4) is 0 Å². The van der Waals surface area contributed by atoms with Crippen LogP contribution in [-0.2, 0) is 0 Å². The number of rotatable bonds is 7. The van der Waals surface area contributed by atoms with Gasteiger partial charge >= 0.3 is 0 Å². The average molecular weight is 223 g/mol. The van der Waals surface area contributed by atoms with Crippen molar-refractivity contribution in [2.24, 2.45) is 11.3 Å². The molecule has 1 atom stereocenters. The Morgan fingerprint density at radius 3 is 2.38 bits per heavy atom. The fraction of sp³-hybridized carbons (Fsp3) is 1.00. The van der Waals surface area contributed by atoms with Crippen molar-refractivity contribution < 1.29 is 0 Å². The second-order valence-electron chi connectivity index (χ2n) is 6.57. The number of nitrogens with one attached hydrogen (secondary N) is 1. The van der Waals surface area contributed by atoms with Crippen LogP contribution in [0, 0.1) is 11.3 Å². The van der Waals surface area contributed by atoms with E-state index < -0.39 is 0 Å². The lowest BCUT2D eigenvalue weighted by Crippen LogP contribution is -2.34. The van der Waals surface area contributed by atoms with Gasteiger partial charge in [-0.05, 0) is 37.0 Å². The summed E-state index contributed by atoms with van der Waals surface area (Å²) in [6.07, 6.45) is 13.0. The highest BCUT2D eigenvalue weighted by Crippen LogP contribution is 2.38. The molecule has 0 saturated heterocycles. The largest absolute Gasteiger partial charge is 0.313 e. The van der Waals surface area contributed by atoms with Crippen LogP contribution in [0.5, 0.6) is 0 Å². The Morgan fingerprint density at radius 2 is 1.81 bits per heavy atom. The van der Waals surface area contributed by atoms with E-state index in [9.17, 15) is 0 Å². The molecule has 16 heavy (non-hydrogen) atoms. The molecular formula is C15H29N. The smallest absolute Gasteiger partial charge is 0.00684 e. The zero-order chi connectivity index (χ0) is 11.4. The van der Waals surface area contributed by atoms with Gasteiger partial charge in [-0.2, -0.15) is 0 Å². The molecule has 2 fully saturated rings. The van der Waals surface area contributed by atoms with Gasteiger partial charge in [-0.3, -0.25) is 0 Å². The maximum Gasteiger partial charge on any atom is 0.00684 e. The molecule has 0 aliphatic heterocycles. The topological polar surface area (TPSA) is 12.0 Å². The Labute approximate surface area is 101 Å². The van der Waals surface area contributed by atoms with E-state index in [0.29, 0.717) is 5.41 Å². The fourth-order valence-corrected chi connectivity index (χ4v) is 3.46. The molecule has 0 radical (unpaired) electrons. The SMILES string of the molecule is CCCC(C)(CNC1CC1)CC1CCCC1. The maximum atomic E-state index is 3.76. The van der Waals surface area contributed by atoms with Gasteiger partial charge in [0.15, 0.2) is 0 Å². The summed E-state index contributed by atoms with van der Waals surface area (Å²) in [5, 5.41) is 3.76. The minimum atomic E-state index is 0.576. The zero-order valence-electron chi connectivity index (χ0n) is 11.2. The first-order valence-corrected chi connectivity index (χ1v) is 7.45. The van der Waals surface area contributed by atoms with Crippen LogP contribution in [0.4, 0.5) is 0 Å². The van der Waals surface area contributed by atoms with Crippen LogP contribution in [-0.4, -0.2) is 12.6 Å². The molecule has 1 unspecified atom stereocenters. The molecule has 0 heterocycles. The highest BCUT2D eigenvalue weighted by molar-refractivity contribution is 4.87. The van der Waals surface area contributed by atoms with E-state index in [1.54, 1.807) is 0 Å². The standard InChI is InChI=1S/C15H29N/c1-3-10-15(2,12-16-14-8-9-14)11-13-6-4-5-7-13/h13-14,16H,3-12H2,1-2H3. The van der Waals surface area contributed by atoms with Crippen molar-refractivity contribution >= 4 is 0 Å². The molecule has 2 aliphatic rings. The lowest BCUT2D eigenvalue weighted by Gasteiger charge is -2.32. The molecule has 0 aromatic carbocycles. The molecule has 1 nitrogen and oxygen atoms in total. The Balaban J connectivity index is 1.79. The second kappa shape index (κ2) is 5.53. The third-order valence-electron chi connectivity index (χ3n) is 4.50. The molecule has 2 saturated carbocycles. The Kier molecular flexibility index (Phi) is 4.29. The molecule has 1 heteroatoms. The van der Waals surface area contributed by atoms with Crippen molar-refractivity contribution in [3.05, 3.63) is 0 Å². The van der Waals surface area contributed by atoms with Crippen LogP contribution in [0.3, 0.4) is 0 Å². The summed E-state index contributed by atoms with van der Waals surface area (Å²) in [6.45, 7) is 6.12. The Morgan fingerprint density at radius 1 is 1.12 bits per heavy atom. The summed E-state index contributed by atoms with van der Waals surface area (Å²) < 4.78 is 0. The summed E-state index contributed by atoms with van der Waals surface area (Å²) in [5.41, 5.74) is 0.576. The summed E-state index contributed by atoms with van der Waals surface area (Å²) in [4.78, 5) is 0. The van der Waals surface area contributed by atoms with Crippen molar-refractivity contribution in [3.63, 3.8) is 0 Å². The highest BCUT2D eigenvalue weighted by atomic mass is 15.0. The van der Waals surface area contributed by atoms with E-state index in [0.717, 1.165) is 12.0 Å². The van der Waals surface area contributed by atoms with E-state index in [4.69, 9.17) is 0 Å². The van der Waals surface area contributed by atoms with E-state index in [1.165, 1.54) is 64.3 Å². The molecule has 0 amide bonds. The van der Waals surface area contributed by atoms with Crippen LogP contribution < -0.4 is 5.32 Å². The monoisotopic (exact) mass is 223 g/mol. The number of hydrogen-bond donors (Lipinski definition) is 1. The van der Waals surface area contributed by atoms with Gasteiger partial charge < -0.3 is 5.32 Å². The first-order valence-electron chi connectivity index (χ1n) is 7.45. The van der Waals surface area contributed by atoms with Gasteiger partial charge in [-0.15, -0.1) is 0 Å². The quantitative estimate of drug-likeness (QED) is 0.684. The van der Waals surface area contributed by atoms with Crippen LogP contribution in [0.25, 0.3) is 0 Å². The van der Waals surface area contributed by atoms with Gasteiger partial charge in [0.25, 0.3) is 0 Å². The van der Waals surface area contributed by atoms with Crippen molar-refractivity contribution in [2.45, 2.75) is 77.7 Å². The molecule has 0 bridgehead atoms. The van der Waals surface area contributed by atoms with E-state index >= 15 is 0 Å². The van der Waals surface area contributed by atoms with Gasteiger partial charge in [0.05, 0.1) is 0 Å². The van der Waals surface area contributed by atoms with Crippen LogP contribution in [0.15, 0.2) is 0 Å². The average Bonchev–Trinajstić information content (AvgIpc) is 2.95. The van der Waals surface area contributed by atoms with Gasteiger partial charge in [-0.25, -0.2) is 0 Å². The maximum absolute atomic E-state index is 3.76. The van der Waals surface area contributed by atoms with E-state index in [1.807, 2.05) is 0 Å². The predicted molar refractivity (Wildman–Crippen MR) is 70.6 cm³/mol. The lowest BCUT2D eigenvalue weighted by atomic mass is 9.77. The summed E-state index contributed by atoms with van der Waals surface area (Å²) in [6, 6.07) is 0.875. The van der Waals surface area contributed by atoms with Crippen LogP contribution >= 0.6 is 0 Å².